The summed E-state index contributed by atoms with van der Waals surface area (Å²) in [5, 5.41) is 25.6. The van der Waals surface area contributed by atoms with Gasteiger partial charge >= 0.3 is 0 Å². The van der Waals surface area contributed by atoms with E-state index in [0.717, 1.165) is 0 Å². The second-order valence-electron chi connectivity index (χ2n) is 7.11. The highest BCUT2D eigenvalue weighted by molar-refractivity contribution is 4.49. The van der Waals surface area contributed by atoms with Gasteiger partial charge in [0.05, 0.1) is 131 Å². The van der Waals surface area contributed by atoms with Crippen LogP contribution in [0.4, 0.5) is 0 Å². The highest BCUT2D eigenvalue weighted by Gasteiger charge is 2.03. The van der Waals surface area contributed by atoms with Crippen LogP contribution < -0.4 is 0 Å². The second kappa shape index (κ2) is 33.5. The van der Waals surface area contributed by atoms with Crippen LogP contribution in [0.5, 0.6) is 0 Å². The van der Waals surface area contributed by atoms with Crippen molar-refractivity contribution in [2.75, 3.05) is 126 Å². The van der Waals surface area contributed by atoms with Crippen LogP contribution in [0.3, 0.4) is 0 Å². The molecule has 0 amide bonds. The number of aliphatic hydroxyl groups is 3. The molecule has 0 fully saturated rings. The molecule has 0 aliphatic carbocycles. The Balaban J connectivity index is 0. The van der Waals surface area contributed by atoms with E-state index >= 15 is 0 Å². The van der Waals surface area contributed by atoms with Gasteiger partial charge in [-0.25, -0.2) is 0 Å². The smallest absolute Gasteiger partial charge is 0.0779 e. The van der Waals surface area contributed by atoms with Gasteiger partial charge in [0, 0.05) is 7.11 Å². The van der Waals surface area contributed by atoms with Crippen molar-refractivity contribution >= 4 is 0 Å². The average Bonchev–Trinajstić information content (AvgIpc) is 2.88. The summed E-state index contributed by atoms with van der Waals surface area (Å²) in [7, 11) is 1.64. The van der Waals surface area contributed by atoms with E-state index in [9.17, 15) is 0 Å². The van der Waals surface area contributed by atoms with Crippen molar-refractivity contribution < 1.29 is 58.0 Å². The molecule has 0 aromatic rings. The van der Waals surface area contributed by atoms with Gasteiger partial charge in [0.2, 0.25) is 0 Å². The Hall–Kier alpha value is -0.480. The Morgan fingerprint density at radius 3 is 0.971 bits per heavy atom. The third kappa shape index (κ3) is 35.8. The molecule has 3 N–H and O–H groups in total. The van der Waals surface area contributed by atoms with Gasteiger partial charge in [-0.15, -0.1) is 0 Å². The molecular formula is C23H50O12. The number of hydrogen-bond donors (Lipinski definition) is 3. The van der Waals surface area contributed by atoms with Crippen molar-refractivity contribution in [3.05, 3.63) is 0 Å². The summed E-state index contributed by atoms with van der Waals surface area (Å²) in [5.41, 5.74) is 0. The van der Waals surface area contributed by atoms with Crippen molar-refractivity contribution in [2.45, 2.75) is 26.1 Å². The zero-order chi connectivity index (χ0) is 26.2. The molecule has 0 aliphatic heterocycles. The van der Waals surface area contributed by atoms with E-state index in [1.165, 1.54) is 0 Å². The molecule has 12 nitrogen and oxygen atoms in total. The summed E-state index contributed by atoms with van der Waals surface area (Å²) in [6.07, 6.45) is 0.0200. The summed E-state index contributed by atoms with van der Waals surface area (Å²) < 4.78 is 46.8. The maximum absolute atomic E-state index is 8.55. The maximum Gasteiger partial charge on any atom is 0.0779 e. The van der Waals surface area contributed by atoms with Crippen molar-refractivity contribution in [3.63, 3.8) is 0 Å². The first-order valence-electron chi connectivity index (χ1n) is 12.1. The molecule has 0 saturated carbocycles. The fourth-order valence-electron chi connectivity index (χ4n) is 1.97. The van der Waals surface area contributed by atoms with Crippen molar-refractivity contribution in [1.29, 1.82) is 0 Å². The lowest BCUT2D eigenvalue weighted by atomic mass is 10.4. The van der Waals surface area contributed by atoms with Gasteiger partial charge in [0.25, 0.3) is 0 Å². The highest BCUT2D eigenvalue weighted by Crippen LogP contribution is 1.93. The lowest BCUT2D eigenvalue weighted by molar-refractivity contribution is -0.0313. The predicted octanol–water partition coefficient (Wildman–Crippen LogP) is -0.494. The van der Waals surface area contributed by atoms with E-state index in [1.54, 1.807) is 7.11 Å². The van der Waals surface area contributed by atoms with Crippen LogP contribution in [0, 0.1) is 0 Å². The molecule has 12 heteroatoms. The average molecular weight is 519 g/mol. The van der Waals surface area contributed by atoms with Crippen LogP contribution in [-0.2, 0) is 42.6 Å². The molecule has 0 aromatic heterocycles. The lowest BCUT2D eigenvalue weighted by Gasteiger charge is -2.13. The van der Waals surface area contributed by atoms with Crippen LogP contribution in [-0.4, -0.2) is 154 Å². The molecule has 0 bridgehead atoms. The lowest BCUT2D eigenvalue weighted by Crippen LogP contribution is -2.21. The Morgan fingerprint density at radius 1 is 0.457 bits per heavy atom. The Labute approximate surface area is 210 Å². The third-order valence-electron chi connectivity index (χ3n) is 3.98. The number of hydrogen-bond acceptors (Lipinski definition) is 12. The summed E-state index contributed by atoms with van der Waals surface area (Å²) in [5.74, 6) is 0. The first kappa shape index (κ1) is 36.7. The fourth-order valence-corrected chi connectivity index (χ4v) is 1.97. The molecular weight excluding hydrogens is 468 g/mol. The summed E-state index contributed by atoms with van der Waals surface area (Å²) >= 11 is 0. The molecule has 0 saturated heterocycles. The zero-order valence-corrected chi connectivity index (χ0v) is 21.9. The molecule has 0 spiro atoms. The van der Waals surface area contributed by atoms with Crippen molar-refractivity contribution in [1.82, 2.24) is 0 Å². The van der Waals surface area contributed by atoms with Gasteiger partial charge in [-0.3, -0.25) is 0 Å². The first-order chi connectivity index (χ1) is 17.1. The minimum atomic E-state index is -0.0856. The topological polar surface area (TPSA) is 144 Å². The Morgan fingerprint density at radius 2 is 0.743 bits per heavy atom. The van der Waals surface area contributed by atoms with Crippen molar-refractivity contribution in [2.24, 2.45) is 0 Å². The van der Waals surface area contributed by atoms with Gasteiger partial charge in [0.15, 0.2) is 0 Å². The number of methoxy groups -OCH3 is 1. The first-order valence-corrected chi connectivity index (χ1v) is 12.1. The minimum Gasteiger partial charge on any atom is -0.394 e. The van der Waals surface area contributed by atoms with E-state index in [0.29, 0.717) is 99.1 Å². The third-order valence-corrected chi connectivity index (χ3v) is 3.98. The molecule has 0 heterocycles. The quantitative estimate of drug-likeness (QED) is 0.121. The van der Waals surface area contributed by atoms with E-state index in [1.807, 2.05) is 13.8 Å². The predicted molar refractivity (Wildman–Crippen MR) is 129 cm³/mol. The molecule has 0 rings (SSSR count). The summed E-state index contributed by atoms with van der Waals surface area (Å²) in [4.78, 5) is 0. The zero-order valence-electron chi connectivity index (χ0n) is 21.9. The van der Waals surface area contributed by atoms with Gasteiger partial charge in [-0.1, -0.05) is 0 Å². The van der Waals surface area contributed by atoms with Gasteiger partial charge < -0.3 is 58.0 Å². The Bertz CT molecular complexity index is 333. The summed E-state index contributed by atoms with van der Waals surface area (Å²) in [6, 6.07) is 0. The minimum absolute atomic E-state index is 0.0312. The molecule has 0 aromatic carbocycles. The van der Waals surface area contributed by atoms with Gasteiger partial charge in [0.1, 0.15) is 0 Å². The molecule has 0 aliphatic rings. The molecule has 0 radical (unpaired) electrons. The summed E-state index contributed by atoms with van der Waals surface area (Å²) in [6.45, 7) is 11.2. The molecule has 214 valence electrons. The van der Waals surface area contributed by atoms with Crippen LogP contribution in [0.25, 0.3) is 0 Å². The maximum atomic E-state index is 8.55. The van der Waals surface area contributed by atoms with Crippen LogP contribution in [0.15, 0.2) is 0 Å². The second-order valence-corrected chi connectivity index (χ2v) is 7.11. The van der Waals surface area contributed by atoms with E-state index in [4.69, 9.17) is 58.0 Å². The van der Waals surface area contributed by atoms with E-state index in [2.05, 4.69) is 0 Å². The highest BCUT2D eigenvalue weighted by atomic mass is 16.6. The van der Waals surface area contributed by atoms with Crippen LogP contribution in [0.2, 0.25) is 0 Å². The molecule has 2 atom stereocenters. The van der Waals surface area contributed by atoms with Gasteiger partial charge in [-0.2, -0.15) is 0 Å². The largest absolute Gasteiger partial charge is 0.394 e. The number of ether oxygens (including phenoxy) is 9. The number of rotatable bonds is 27. The van der Waals surface area contributed by atoms with Crippen molar-refractivity contribution in [3.8, 4) is 0 Å². The molecule has 35 heavy (non-hydrogen) atoms. The van der Waals surface area contributed by atoms with Crippen LogP contribution in [0.1, 0.15) is 13.8 Å². The van der Waals surface area contributed by atoms with E-state index in [-0.39, 0.29) is 32.0 Å². The van der Waals surface area contributed by atoms with Crippen LogP contribution >= 0.6 is 0 Å². The molecule has 2 unspecified atom stereocenters. The van der Waals surface area contributed by atoms with E-state index < -0.39 is 0 Å². The fraction of sp³-hybridized carbons (Fsp3) is 1.00. The normalized spacial score (nSPS) is 12.9. The standard InChI is InChI=1S/C16H34O9.C7H16O3/c17-1-3-19-5-7-21-9-11-23-13-15-25-16-14-24-12-10-22-8-6-20-4-2-18;1-6(4-8)10-5-7(2)9-3/h17-18H,1-16H2;6-8H,4-5H2,1-3H3. The van der Waals surface area contributed by atoms with Gasteiger partial charge in [-0.05, 0) is 13.8 Å². The number of aliphatic hydroxyl groups excluding tert-OH is 3. The monoisotopic (exact) mass is 518 g/mol. The SMILES string of the molecule is COC(C)COC(C)CO.OCCOCCOCCOCCOCCOCCOCCOCCO. The Kier molecular flexibility index (Phi) is 35.1.